The monoisotopic (exact) mass is 220 g/mol. The number of carbonyl (C=O) groups is 1. The molecule has 80 valence electrons. The Kier molecular flexibility index (Phi) is 4.15. The minimum absolute atomic E-state index is 0.766. The first kappa shape index (κ1) is 12.1. The normalized spacial score (nSPS) is 9.87. The maximum atomic E-state index is 10.8. The van der Waals surface area contributed by atoms with Gasteiger partial charge in [0.25, 0.3) is 0 Å². The number of carbonyl (C=O) groups excluding carboxylic acids is 1. The molecule has 0 amide bonds. The first-order valence-corrected chi connectivity index (χ1v) is 5.40. The van der Waals surface area contributed by atoms with Crippen LogP contribution in [0, 0.1) is 6.92 Å². The van der Waals surface area contributed by atoms with E-state index in [0.717, 1.165) is 28.7 Å². The summed E-state index contributed by atoms with van der Waals surface area (Å²) in [5, 5.41) is 0. The molecule has 0 aliphatic heterocycles. The zero-order chi connectivity index (χ0) is 11.4. The Bertz CT molecular complexity index is 401. The van der Waals surface area contributed by atoms with Crippen molar-refractivity contribution in [3.63, 3.8) is 0 Å². The van der Waals surface area contributed by atoms with Crippen molar-refractivity contribution in [3.8, 4) is 0 Å². The van der Waals surface area contributed by atoms with Crippen LogP contribution >= 0.6 is 12.6 Å². The molecule has 0 saturated carbocycles. The van der Waals surface area contributed by atoms with Crippen LogP contribution in [-0.2, 0) is 6.42 Å². The van der Waals surface area contributed by atoms with Gasteiger partial charge < -0.3 is 0 Å². The van der Waals surface area contributed by atoms with Crippen molar-refractivity contribution in [3.05, 3.63) is 45.4 Å². The number of aldehydes is 1. The minimum atomic E-state index is 0.766. The lowest BCUT2D eigenvalue weighted by Gasteiger charge is -2.08. The molecule has 1 nitrogen and oxygen atoms in total. The summed E-state index contributed by atoms with van der Waals surface area (Å²) in [4.78, 5) is 11.8. The molecule has 0 bridgehead atoms. The van der Waals surface area contributed by atoms with Crippen molar-refractivity contribution in [1.82, 2.24) is 0 Å². The lowest BCUT2D eigenvalue weighted by atomic mass is 10.00. The minimum Gasteiger partial charge on any atom is -0.298 e. The summed E-state index contributed by atoms with van der Waals surface area (Å²) in [5.41, 5.74) is 4.21. The molecule has 2 heteroatoms. The van der Waals surface area contributed by atoms with Gasteiger partial charge in [0, 0.05) is 12.0 Å². The van der Waals surface area contributed by atoms with E-state index in [9.17, 15) is 4.79 Å². The molecular weight excluding hydrogens is 204 g/mol. The first-order valence-electron chi connectivity index (χ1n) is 4.95. The predicted octanol–water partition coefficient (Wildman–Crippen LogP) is 3.57. The molecule has 0 heterocycles. The summed E-state index contributed by atoms with van der Waals surface area (Å²) in [6, 6.07) is 5.80. The number of allylic oxidation sites excluding steroid dienone is 2. The van der Waals surface area contributed by atoms with Crippen molar-refractivity contribution in [2.45, 2.75) is 27.2 Å². The lowest BCUT2D eigenvalue weighted by Crippen LogP contribution is -1.95. The summed E-state index contributed by atoms with van der Waals surface area (Å²) >= 11 is 4.44. The van der Waals surface area contributed by atoms with Crippen LogP contribution in [0.1, 0.15) is 35.3 Å². The van der Waals surface area contributed by atoms with E-state index in [2.05, 4.69) is 12.6 Å². The van der Waals surface area contributed by atoms with E-state index in [1.165, 1.54) is 11.1 Å². The van der Waals surface area contributed by atoms with Crippen molar-refractivity contribution in [1.29, 1.82) is 0 Å². The largest absolute Gasteiger partial charge is 0.298 e. The van der Waals surface area contributed by atoms with Gasteiger partial charge in [0.15, 0.2) is 0 Å². The van der Waals surface area contributed by atoms with Crippen molar-refractivity contribution in [2.24, 2.45) is 0 Å². The molecule has 1 aromatic carbocycles. The Morgan fingerprint density at radius 2 is 2.07 bits per heavy atom. The maximum absolute atomic E-state index is 10.8. The summed E-state index contributed by atoms with van der Waals surface area (Å²) in [5.74, 6) is 0. The molecule has 0 aliphatic rings. The Morgan fingerprint density at radius 1 is 1.40 bits per heavy atom. The fraction of sp³-hybridized carbons (Fsp3) is 0.308. The lowest BCUT2D eigenvalue weighted by molar-refractivity contribution is 0.112. The molecule has 0 spiro atoms. The van der Waals surface area contributed by atoms with E-state index in [1.54, 1.807) is 0 Å². The molecule has 1 aromatic rings. The van der Waals surface area contributed by atoms with Gasteiger partial charge in [-0.1, -0.05) is 23.8 Å². The molecular formula is C13H16OS. The van der Waals surface area contributed by atoms with E-state index in [-0.39, 0.29) is 0 Å². The van der Waals surface area contributed by atoms with Gasteiger partial charge in [-0.3, -0.25) is 4.79 Å². The number of hydrogen-bond acceptors (Lipinski definition) is 2. The fourth-order valence-electron chi connectivity index (χ4n) is 1.38. The smallest absolute Gasteiger partial charge is 0.150 e. The predicted molar refractivity (Wildman–Crippen MR) is 67.6 cm³/mol. The van der Waals surface area contributed by atoms with Crippen molar-refractivity contribution >= 4 is 18.9 Å². The van der Waals surface area contributed by atoms with Crippen LogP contribution < -0.4 is 0 Å². The second-order valence-electron chi connectivity index (χ2n) is 3.87. The van der Waals surface area contributed by atoms with Gasteiger partial charge in [0.2, 0.25) is 0 Å². The third-order valence-corrected chi connectivity index (χ3v) is 3.16. The number of thiol groups is 1. The number of rotatable bonds is 3. The van der Waals surface area contributed by atoms with Gasteiger partial charge in [-0.2, -0.15) is 0 Å². The van der Waals surface area contributed by atoms with E-state index < -0.39 is 0 Å². The van der Waals surface area contributed by atoms with E-state index in [0.29, 0.717) is 0 Å². The highest BCUT2D eigenvalue weighted by molar-refractivity contribution is 7.84. The average molecular weight is 220 g/mol. The average Bonchev–Trinajstić information content (AvgIpc) is 2.21. The van der Waals surface area contributed by atoms with E-state index in [1.807, 2.05) is 39.0 Å². The molecule has 0 saturated heterocycles. The SMILES string of the molecule is CC(C)=C(S)Cc1cccc(C=O)c1C. The van der Waals surface area contributed by atoms with Gasteiger partial charge in [0.1, 0.15) is 6.29 Å². The third kappa shape index (κ3) is 2.96. The first-order chi connectivity index (χ1) is 7.06. The summed E-state index contributed by atoms with van der Waals surface area (Å²) in [6.07, 6.45) is 1.71. The zero-order valence-corrected chi connectivity index (χ0v) is 10.3. The standard InChI is InChI=1S/C13H16OS/c1-9(2)13(15)7-11-5-4-6-12(8-14)10(11)3/h4-6,8,15H,7H2,1-3H3. The van der Waals surface area contributed by atoms with Gasteiger partial charge in [0.05, 0.1) is 0 Å². The number of hydrogen-bond donors (Lipinski definition) is 1. The van der Waals surface area contributed by atoms with E-state index >= 15 is 0 Å². The van der Waals surface area contributed by atoms with Gasteiger partial charge in [-0.05, 0) is 36.8 Å². The Labute approximate surface area is 96.6 Å². The van der Waals surface area contributed by atoms with Crippen LogP contribution in [0.25, 0.3) is 0 Å². The van der Waals surface area contributed by atoms with E-state index in [4.69, 9.17) is 0 Å². The quantitative estimate of drug-likeness (QED) is 0.608. The fourth-order valence-corrected chi connectivity index (χ4v) is 1.55. The van der Waals surface area contributed by atoms with Crippen LogP contribution in [-0.4, -0.2) is 6.29 Å². The summed E-state index contributed by atoms with van der Waals surface area (Å²) in [6.45, 7) is 6.06. The molecule has 0 fully saturated rings. The highest BCUT2D eigenvalue weighted by Gasteiger charge is 2.04. The van der Waals surface area contributed by atoms with Crippen LogP contribution in [0.4, 0.5) is 0 Å². The van der Waals surface area contributed by atoms with Crippen LogP contribution in [0.15, 0.2) is 28.7 Å². The van der Waals surface area contributed by atoms with Gasteiger partial charge >= 0.3 is 0 Å². The molecule has 15 heavy (non-hydrogen) atoms. The second kappa shape index (κ2) is 5.17. The van der Waals surface area contributed by atoms with Gasteiger partial charge in [-0.25, -0.2) is 0 Å². The Hall–Kier alpha value is -1.02. The topological polar surface area (TPSA) is 17.1 Å². The Balaban J connectivity index is 3.06. The molecule has 0 unspecified atom stereocenters. The highest BCUT2D eigenvalue weighted by Crippen LogP contribution is 2.19. The molecule has 0 atom stereocenters. The third-order valence-electron chi connectivity index (χ3n) is 2.55. The summed E-state index contributed by atoms with van der Waals surface area (Å²) in [7, 11) is 0. The Morgan fingerprint density at radius 3 is 2.60 bits per heavy atom. The molecule has 0 N–H and O–H groups in total. The molecule has 1 rings (SSSR count). The van der Waals surface area contributed by atoms with Crippen LogP contribution in [0.2, 0.25) is 0 Å². The maximum Gasteiger partial charge on any atom is 0.150 e. The zero-order valence-electron chi connectivity index (χ0n) is 9.37. The molecule has 0 aliphatic carbocycles. The number of benzene rings is 1. The second-order valence-corrected chi connectivity index (χ2v) is 4.41. The van der Waals surface area contributed by atoms with Gasteiger partial charge in [-0.15, -0.1) is 12.6 Å². The van der Waals surface area contributed by atoms with Crippen LogP contribution in [0.3, 0.4) is 0 Å². The molecule has 0 aromatic heterocycles. The van der Waals surface area contributed by atoms with Crippen molar-refractivity contribution < 1.29 is 4.79 Å². The van der Waals surface area contributed by atoms with Crippen molar-refractivity contribution in [2.75, 3.05) is 0 Å². The van der Waals surface area contributed by atoms with Crippen LogP contribution in [0.5, 0.6) is 0 Å². The highest BCUT2D eigenvalue weighted by atomic mass is 32.1. The molecule has 0 radical (unpaired) electrons. The summed E-state index contributed by atoms with van der Waals surface area (Å²) < 4.78 is 0.